The summed E-state index contributed by atoms with van der Waals surface area (Å²) in [6, 6.07) is 30.8. The van der Waals surface area contributed by atoms with Crippen LogP contribution in [0.15, 0.2) is 170 Å². The normalized spacial score (nSPS) is 14.4. The Morgan fingerprint density at radius 1 is 0.460 bits per heavy atom. The van der Waals surface area contributed by atoms with Gasteiger partial charge in [0.1, 0.15) is 0 Å². The lowest BCUT2D eigenvalue weighted by Crippen LogP contribution is -2.00. The monoisotopic (exact) mass is 666 g/mol. The Balaban J connectivity index is 1.24. The first kappa shape index (κ1) is 20.2. The number of aromatic nitrogens is 4. The van der Waals surface area contributed by atoms with E-state index in [9.17, 15) is 2.74 Å². The molecule has 0 aliphatic heterocycles. The Labute approximate surface area is 306 Å². The zero-order valence-electron chi connectivity index (χ0n) is 36.1. The highest BCUT2D eigenvalue weighted by Gasteiger charge is 2.18. The predicted octanol–water partition coefficient (Wildman–Crippen LogP) is 12.0. The van der Waals surface area contributed by atoms with E-state index in [-0.39, 0.29) is 78.2 Å². The number of thiophene rings is 1. The van der Waals surface area contributed by atoms with Gasteiger partial charge in [-0.15, -0.1) is 11.3 Å². The molecule has 0 atom stereocenters. The van der Waals surface area contributed by atoms with Crippen LogP contribution in [0.5, 0.6) is 0 Å². The zero-order valence-corrected chi connectivity index (χ0v) is 26.9. The van der Waals surface area contributed by atoms with Crippen molar-refractivity contribution >= 4 is 53.3 Å². The molecule has 10 rings (SSSR count). The molecule has 50 heavy (non-hydrogen) atoms. The number of hydrogen-bond donors (Lipinski definition) is 0. The van der Waals surface area contributed by atoms with Gasteiger partial charge >= 0.3 is 0 Å². The summed E-state index contributed by atoms with van der Waals surface area (Å²) >= 11 is 0.992. The van der Waals surface area contributed by atoms with Crippen LogP contribution in [0.25, 0.3) is 93.0 Å². The molecule has 0 bridgehead atoms. The Kier molecular flexibility index (Phi) is 4.69. The first-order valence-electron chi connectivity index (χ1n) is 20.9. The highest BCUT2D eigenvalue weighted by Crippen LogP contribution is 2.43. The average Bonchev–Trinajstić information content (AvgIpc) is 3.87. The fourth-order valence-corrected chi connectivity index (χ4v) is 7.43. The molecule has 0 unspecified atom stereocenters. The fourth-order valence-electron chi connectivity index (χ4n) is 6.47. The first-order valence-corrected chi connectivity index (χ1v) is 16.7. The van der Waals surface area contributed by atoms with Crippen molar-refractivity contribution in [1.29, 1.82) is 0 Å². The van der Waals surface area contributed by atoms with Gasteiger partial charge < -0.3 is 4.57 Å². The summed E-state index contributed by atoms with van der Waals surface area (Å²) in [5.41, 5.74) is 4.72. The molecule has 0 aliphatic rings. The smallest absolute Gasteiger partial charge is 0.164 e. The minimum absolute atomic E-state index is 0.0438. The van der Waals surface area contributed by atoms with Gasteiger partial charge in [-0.05, 0) is 47.5 Å². The second kappa shape index (κ2) is 11.6. The van der Waals surface area contributed by atoms with Gasteiger partial charge in [-0.3, -0.25) is 0 Å². The molecular weight excluding hydrogens is 629 g/mol. The molecule has 3 heterocycles. The van der Waals surface area contributed by atoms with Crippen LogP contribution >= 0.6 is 11.3 Å². The summed E-state index contributed by atoms with van der Waals surface area (Å²) in [5, 5.41) is 0.566. The maximum Gasteiger partial charge on any atom is 0.164 e. The van der Waals surface area contributed by atoms with E-state index in [0.29, 0.717) is 23.2 Å². The maximum absolute atomic E-state index is 9.28. The van der Waals surface area contributed by atoms with Gasteiger partial charge in [-0.2, -0.15) is 0 Å². The van der Waals surface area contributed by atoms with Crippen LogP contribution in [0.1, 0.15) is 13.7 Å². The molecule has 0 N–H and O–H groups in total. The summed E-state index contributed by atoms with van der Waals surface area (Å²) in [4.78, 5) is 14.6. The minimum Gasteiger partial charge on any atom is -0.309 e. The van der Waals surface area contributed by atoms with Crippen molar-refractivity contribution in [2.45, 2.75) is 0 Å². The molecular formula is C45H28N4S. The van der Waals surface area contributed by atoms with E-state index >= 15 is 0 Å². The third-order valence-electron chi connectivity index (χ3n) is 8.73. The van der Waals surface area contributed by atoms with Gasteiger partial charge in [0, 0.05) is 53.3 Å². The molecule has 7 aromatic carbocycles. The second-order valence-electron chi connectivity index (χ2n) is 11.7. The molecule has 10 aromatic rings. The predicted molar refractivity (Wildman–Crippen MR) is 209 cm³/mol. The third kappa shape index (κ3) is 4.71. The summed E-state index contributed by atoms with van der Waals surface area (Å²) in [5.74, 6) is 1.50. The van der Waals surface area contributed by atoms with Crippen LogP contribution in [-0.4, -0.2) is 19.5 Å². The van der Waals surface area contributed by atoms with Gasteiger partial charge in [0.2, 0.25) is 0 Å². The van der Waals surface area contributed by atoms with E-state index in [1.807, 2.05) is 103 Å². The molecule has 0 spiro atoms. The number of nitrogens with zero attached hydrogens (tertiary/aromatic N) is 4. The zero-order chi connectivity index (χ0) is 41.7. The van der Waals surface area contributed by atoms with Crippen molar-refractivity contribution in [3.05, 3.63) is 170 Å². The quantitative estimate of drug-likeness (QED) is 0.184. The Hall–Kier alpha value is -6.43. The highest BCUT2D eigenvalue weighted by atomic mass is 32.1. The highest BCUT2D eigenvalue weighted by molar-refractivity contribution is 7.26. The third-order valence-corrected chi connectivity index (χ3v) is 9.75. The Bertz CT molecular complexity index is 3390. The van der Waals surface area contributed by atoms with Crippen LogP contribution in [-0.2, 0) is 0 Å². The van der Waals surface area contributed by atoms with E-state index in [1.54, 1.807) is 10.6 Å². The SMILES string of the molecule is [2H]c1c([2H])c([2H])c2c(sc3c([2H])c([2H])c4c5c([2H])c([2H])c([2H])c([2H])c5n(-c5cccc(-c6cccc(-c7nc(-c8ccccc8)nc(-c8ccccc8)n7)c6)c5)c4c32)c1[2H]. The molecule has 0 saturated carbocycles. The molecule has 4 nitrogen and oxygen atoms in total. The summed E-state index contributed by atoms with van der Waals surface area (Å²) in [6.45, 7) is 0. The number of para-hydroxylation sites is 1. The van der Waals surface area contributed by atoms with Crippen LogP contribution in [0.3, 0.4) is 0 Å². The lowest BCUT2D eigenvalue weighted by atomic mass is 10.0. The summed E-state index contributed by atoms with van der Waals surface area (Å²) in [6.07, 6.45) is 0. The number of benzene rings is 7. The molecule has 0 amide bonds. The van der Waals surface area contributed by atoms with Gasteiger partial charge in [-0.25, -0.2) is 15.0 Å². The van der Waals surface area contributed by atoms with Crippen molar-refractivity contribution in [2.24, 2.45) is 0 Å². The van der Waals surface area contributed by atoms with Gasteiger partial charge in [0.25, 0.3) is 0 Å². The first-order chi connectivity index (χ1) is 28.9. The Morgan fingerprint density at radius 2 is 1.04 bits per heavy atom. The minimum atomic E-state index is -0.496. The standard InChI is InChI=1S/C45H28N4S/c1-3-13-29(14-4-1)43-46-44(30-15-5-2-6-16-30)48-45(47-43)33-19-11-17-31(27-33)32-18-12-20-34(28-32)49-38-23-9-7-21-35(38)36-25-26-40-41(42(36)49)37-22-8-10-24-39(37)50-40/h1-28H/i7D,8D,9D,10D,21D,22D,23D,24D,25D,26D. The van der Waals surface area contributed by atoms with E-state index in [4.69, 9.17) is 25.9 Å². The fraction of sp³-hybridized carbons (Fsp3) is 0. The number of fused-ring (bicyclic) bond motifs is 7. The molecule has 0 radical (unpaired) electrons. The van der Waals surface area contributed by atoms with Crippen LogP contribution < -0.4 is 0 Å². The number of hydrogen-bond acceptors (Lipinski definition) is 4. The van der Waals surface area contributed by atoms with Gasteiger partial charge in [-0.1, -0.05) is 133 Å². The van der Waals surface area contributed by atoms with Crippen LogP contribution in [0.4, 0.5) is 0 Å². The lowest BCUT2D eigenvalue weighted by molar-refractivity contribution is 1.07. The average molecular weight is 667 g/mol. The molecule has 0 saturated heterocycles. The maximum atomic E-state index is 9.28. The molecule has 0 fully saturated rings. The molecule has 0 aliphatic carbocycles. The topological polar surface area (TPSA) is 43.6 Å². The second-order valence-corrected chi connectivity index (χ2v) is 12.7. The Morgan fingerprint density at radius 3 is 1.78 bits per heavy atom. The van der Waals surface area contributed by atoms with E-state index in [2.05, 4.69) is 0 Å². The van der Waals surface area contributed by atoms with E-state index in [1.165, 1.54) is 0 Å². The molecule has 3 aromatic heterocycles. The van der Waals surface area contributed by atoms with Gasteiger partial charge in [0.05, 0.1) is 24.7 Å². The van der Waals surface area contributed by atoms with Crippen LogP contribution in [0.2, 0.25) is 0 Å². The largest absolute Gasteiger partial charge is 0.309 e. The summed E-state index contributed by atoms with van der Waals surface area (Å²) in [7, 11) is 0. The van der Waals surface area contributed by atoms with E-state index < -0.39 is 24.2 Å². The van der Waals surface area contributed by atoms with Crippen molar-refractivity contribution in [2.75, 3.05) is 0 Å². The van der Waals surface area contributed by atoms with Crippen molar-refractivity contribution in [1.82, 2.24) is 19.5 Å². The summed E-state index contributed by atoms with van der Waals surface area (Å²) < 4.78 is 90.7. The molecule has 234 valence electrons. The van der Waals surface area contributed by atoms with E-state index in [0.717, 1.165) is 39.2 Å². The van der Waals surface area contributed by atoms with Gasteiger partial charge in [0.15, 0.2) is 17.5 Å². The lowest BCUT2D eigenvalue weighted by Gasteiger charge is -2.12. The molecule has 5 heteroatoms. The number of rotatable bonds is 5. The van der Waals surface area contributed by atoms with Crippen molar-refractivity contribution < 1.29 is 13.7 Å². The van der Waals surface area contributed by atoms with Crippen molar-refractivity contribution in [3.8, 4) is 51.0 Å². The van der Waals surface area contributed by atoms with Crippen molar-refractivity contribution in [3.63, 3.8) is 0 Å². The van der Waals surface area contributed by atoms with Crippen LogP contribution in [0, 0.1) is 0 Å².